The fourth-order valence-electron chi connectivity index (χ4n) is 4.42. The third kappa shape index (κ3) is 6.90. The Kier molecular flexibility index (Phi) is 9.58. The number of anilines is 1. The number of carbonyl (C=O) groups excluding carboxylic acids is 2. The van der Waals surface area contributed by atoms with Crippen LogP contribution in [-0.4, -0.2) is 86.7 Å². The summed E-state index contributed by atoms with van der Waals surface area (Å²) in [7, 11) is 0. The van der Waals surface area contributed by atoms with Gasteiger partial charge in [-0.25, -0.2) is 19.0 Å². The van der Waals surface area contributed by atoms with Crippen LogP contribution in [0.15, 0.2) is 30.6 Å². The molecule has 0 amide bonds. The number of rotatable bonds is 11. The monoisotopic (exact) mass is 635 g/mol. The second-order valence-corrected chi connectivity index (χ2v) is 9.49. The second kappa shape index (κ2) is 12.8. The molecule has 1 aliphatic rings. The molecule has 1 fully saturated rings. The van der Waals surface area contributed by atoms with E-state index in [0.717, 1.165) is 23.0 Å². The van der Waals surface area contributed by atoms with E-state index in [9.17, 15) is 27.9 Å². The van der Waals surface area contributed by atoms with Gasteiger partial charge in [0.15, 0.2) is 23.9 Å². The van der Waals surface area contributed by atoms with E-state index in [2.05, 4.69) is 19.7 Å². The first-order valence-electron chi connectivity index (χ1n) is 12.8. The van der Waals surface area contributed by atoms with Crippen molar-refractivity contribution in [2.24, 2.45) is 0 Å². The maximum Gasteiger partial charge on any atom is 0.573 e. The van der Waals surface area contributed by atoms with Crippen LogP contribution in [0.2, 0.25) is 5.28 Å². The predicted octanol–water partition coefficient (Wildman–Crippen LogP) is 2.68. The number of nitrogens with zero attached hydrogens (tertiary/aromatic N) is 4. The van der Waals surface area contributed by atoms with Gasteiger partial charge in [0.05, 0.1) is 26.1 Å². The van der Waals surface area contributed by atoms with Crippen molar-refractivity contribution in [3.63, 3.8) is 0 Å². The van der Waals surface area contributed by atoms with Crippen molar-refractivity contribution in [2.75, 3.05) is 25.6 Å². The minimum atomic E-state index is -5.01. The number of fused-ring (bicyclic) bond motifs is 1. The molecule has 3 heterocycles. The van der Waals surface area contributed by atoms with Gasteiger partial charge in [-0.15, -0.1) is 13.2 Å². The maximum atomic E-state index is 15.4. The van der Waals surface area contributed by atoms with Gasteiger partial charge < -0.3 is 34.5 Å². The SMILES string of the molecule is CCOC(=O)C(Cc1cccc(OC(F)(F)F)c1)(OC[C@H]1O[C@@H](n2cnc3c(N)nc(Cl)nc32)[C@@H](F)[C@@H]1O)C(=O)OCC. The molecule has 13 nitrogen and oxygen atoms in total. The molecule has 0 aliphatic carbocycles. The van der Waals surface area contributed by atoms with Crippen molar-refractivity contribution in [2.45, 2.75) is 56.8 Å². The molecule has 234 valence electrons. The summed E-state index contributed by atoms with van der Waals surface area (Å²) in [4.78, 5) is 38.2. The van der Waals surface area contributed by atoms with E-state index in [1.807, 2.05) is 0 Å². The Labute approximate surface area is 245 Å². The molecule has 0 spiro atoms. The molecular formula is C25H26ClF4N5O8. The zero-order valence-corrected chi connectivity index (χ0v) is 23.3. The van der Waals surface area contributed by atoms with Crippen LogP contribution in [-0.2, 0) is 35.0 Å². The fourth-order valence-corrected chi connectivity index (χ4v) is 4.59. The molecular weight excluding hydrogens is 610 g/mol. The second-order valence-electron chi connectivity index (χ2n) is 9.15. The molecule has 3 N–H and O–H groups in total. The predicted molar refractivity (Wildman–Crippen MR) is 138 cm³/mol. The molecule has 4 rings (SSSR count). The van der Waals surface area contributed by atoms with Gasteiger partial charge in [-0.1, -0.05) is 12.1 Å². The number of benzene rings is 1. The number of nitrogens with two attached hydrogens (primary N) is 1. The topological polar surface area (TPSA) is 170 Å². The highest BCUT2D eigenvalue weighted by atomic mass is 35.5. The third-order valence-corrected chi connectivity index (χ3v) is 6.45. The average molecular weight is 636 g/mol. The molecule has 18 heteroatoms. The van der Waals surface area contributed by atoms with Crippen molar-refractivity contribution >= 4 is 40.5 Å². The fraction of sp³-hybridized carbons (Fsp3) is 0.480. The lowest BCUT2D eigenvalue weighted by atomic mass is 9.93. The van der Waals surface area contributed by atoms with Crippen LogP contribution in [0.25, 0.3) is 11.2 Å². The van der Waals surface area contributed by atoms with E-state index in [1.165, 1.54) is 26.0 Å². The number of hydrogen-bond donors (Lipinski definition) is 2. The summed E-state index contributed by atoms with van der Waals surface area (Å²) >= 11 is 5.87. The lowest BCUT2D eigenvalue weighted by Gasteiger charge is -2.31. The minimum Gasteiger partial charge on any atom is -0.463 e. The Morgan fingerprint density at radius 3 is 2.47 bits per heavy atom. The first kappa shape index (κ1) is 32.1. The van der Waals surface area contributed by atoms with Crippen LogP contribution in [0, 0.1) is 0 Å². The number of aliphatic hydroxyl groups excluding tert-OH is 1. The quantitative estimate of drug-likeness (QED) is 0.137. The van der Waals surface area contributed by atoms with E-state index in [-0.39, 0.29) is 41.0 Å². The van der Waals surface area contributed by atoms with E-state index in [4.69, 9.17) is 36.3 Å². The van der Waals surface area contributed by atoms with E-state index in [1.54, 1.807) is 0 Å². The lowest BCUT2D eigenvalue weighted by Crippen LogP contribution is -2.54. The van der Waals surface area contributed by atoms with Crippen molar-refractivity contribution in [1.82, 2.24) is 19.5 Å². The Morgan fingerprint density at radius 2 is 1.84 bits per heavy atom. The Morgan fingerprint density at radius 1 is 1.16 bits per heavy atom. The molecule has 4 atom stereocenters. The van der Waals surface area contributed by atoms with Crippen LogP contribution < -0.4 is 10.5 Å². The van der Waals surface area contributed by atoms with Gasteiger partial charge in [0.2, 0.25) is 5.28 Å². The molecule has 1 aliphatic heterocycles. The number of ether oxygens (including phenoxy) is 5. The smallest absolute Gasteiger partial charge is 0.463 e. The van der Waals surface area contributed by atoms with Gasteiger partial charge in [-0.3, -0.25) is 4.57 Å². The Hall–Kier alpha value is -3.80. The molecule has 43 heavy (non-hydrogen) atoms. The number of esters is 2. The van der Waals surface area contributed by atoms with E-state index in [0.29, 0.717) is 0 Å². The zero-order valence-electron chi connectivity index (χ0n) is 22.6. The first-order valence-corrected chi connectivity index (χ1v) is 13.1. The highest BCUT2D eigenvalue weighted by molar-refractivity contribution is 6.28. The normalized spacial score (nSPS) is 20.7. The van der Waals surface area contributed by atoms with Crippen molar-refractivity contribution in [1.29, 1.82) is 0 Å². The maximum absolute atomic E-state index is 15.4. The minimum absolute atomic E-state index is 0.00368. The zero-order chi connectivity index (χ0) is 31.5. The number of carbonyl (C=O) groups is 2. The summed E-state index contributed by atoms with van der Waals surface area (Å²) in [5.74, 6) is -3.18. The highest BCUT2D eigenvalue weighted by Gasteiger charge is 2.53. The number of hydrogen-bond acceptors (Lipinski definition) is 12. The van der Waals surface area contributed by atoms with Crippen molar-refractivity contribution < 1.29 is 55.9 Å². The number of aliphatic hydroxyl groups is 1. The lowest BCUT2D eigenvalue weighted by molar-refractivity contribution is -0.274. The summed E-state index contributed by atoms with van der Waals surface area (Å²) in [5.41, 5.74) is 3.30. The largest absolute Gasteiger partial charge is 0.573 e. The standard InChI is InChI=1S/C25H26ClF4N5O8/c1-3-39-21(37)24(22(38)40-4-2,9-12-6-5-7-13(8-12)43-25(28,29)30)41-10-14-17(36)15(27)20(42-14)35-11-32-16-18(31)33-23(26)34-19(16)35/h5-8,11,14-15,17,20,36H,3-4,9-10H2,1-2H3,(H2,31,33,34)/t14-,15+,17-,20-/m1/s1. The Balaban J connectivity index is 1.64. The number of halogens is 5. The van der Waals surface area contributed by atoms with Crippen LogP contribution in [0.4, 0.5) is 23.4 Å². The molecule has 0 saturated carbocycles. The van der Waals surface area contributed by atoms with Gasteiger partial charge in [0, 0.05) is 6.42 Å². The molecule has 2 aromatic heterocycles. The van der Waals surface area contributed by atoms with Gasteiger partial charge in [-0.05, 0) is 43.1 Å². The van der Waals surface area contributed by atoms with Crippen LogP contribution in [0.1, 0.15) is 25.6 Å². The van der Waals surface area contributed by atoms with E-state index >= 15 is 4.39 Å². The summed E-state index contributed by atoms with van der Waals surface area (Å²) < 4.78 is 80.4. The molecule has 1 aromatic carbocycles. The van der Waals surface area contributed by atoms with Gasteiger partial charge in [-0.2, -0.15) is 9.97 Å². The molecule has 1 saturated heterocycles. The van der Waals surface area contributed by atoms with Gasteiger partial charge in [0.25, 0.3) is 5.60 Å². The summed E-state index contributed by atoms with van der Waals surface area (Å²) in [6.45, 7) is 1.72. The van der Waals surface area contributed by atoms with Crippen LogP contribution in [0.5, 0.6) is 5.75 Å². The summed E-state index contributed by atoms with van der Waals surface area (Å²) in [5, 5.41) is 10.4. The van der Waals surface area contributed by atoms with Crippen molar-refractivity contribution in [3.05, 3.63) is 41.4 Å². The van der Waals surface area contributed by atoms with Gasteiger partial charge in [0.1, 0.15) is 23.5 Å². The van der Waals surface area contributed by atoms with Crippen LogP contribution in [0.3, 0.4) is 0 Å². The van der Waals surface area contributed by atoms with Crippen LogP contribution >= 0.6 is 11.6 Å². The number of imidazole rings is 1. The number of nitrogen functional groups attached to an aromatic ring is 1. The van der Waals surface area contributed by atoms with Gasteiger partial charge >= 0.3 is 18.3 Å². The highest BCUT2D eigenvalue weighted by Crippen LogP contribution is 2.36. The number of alkyl halides is 4. The molecule has 3 aromatic rings. The average Bonchev–Trinajstić information content (AvgIpc) is 3.46. The molecule has 0 unspecified atom stereocenters. The number of aromatic nitrogens is 4. The summed E-state index contributed by atoms with van der Waals surface area (Å²) in [6, 6.07) is 4.49. The van der Waals surface area contributed by atoms with E-state index < -0.39 is 67.3 Å². The third-order valence-electron chi connectivity index (χ3n) is 6.28. The molecule has 0 bridgehead atoms. The Bertz CT molecular complexity index is 1460. The van der Waals surface area contributed by atoms with Crippen molar-refractivity contribution in [3.8, 4) is 5.75 Å². The summed E-state index contributed by atoms with van der Waals surface area (Å²) in [6.07, 6.45) is -11.5. The first-order chi connectivity index (χ1) is 20.3. The molecule has 0 radical (unpaired) electrons.